The maximum absolute atomic E-state index is 10.4. The van der Waals surface area contributed by atoms with Gasteiger partial charge in [-0.15, -0.1) is 0 Å². The van der Waals surface area contributed by atoms with E-state index in [0.29, 0.717) is 0 Å². The predicted molar refractivity (Wildman–Crippen MR) is 39.2 cm³/mol. The van der Waals surface area contributed by atoms with E-state index in [1.54, 1.807) is 6.92 Å². The van der Waals surface area contributed by atoms with Gasteiger partial charge in [0.1, 0.15) is 0 Å². The summed E-state index contributed by atoms with van der Waals surface area (Å²) in [7, 11) is -3.89. The van der Waals surface area contributed by atoms with Crippen LogP contribution in [-0.4, -0.2) is 24.8 Å². The molecule has 0 aliphatic heterocycles. The Labute approximate surface area is 61.2 Å². The third kappa shape index (κ3) is 2.64. The fourth-order valence-electron chi connectivity index (χ4n) is 0.485. The van der Waals surface area contributed by atoms with Crippen LogP contribution in [-0.2, 0) is 10.1 Å². The largest absolute Gasteiger partial charge is 0.330 e. The lowest BCUT2D eigenvalue weighted by molar-refractivity contribution is 0.442. The summed E-state index contributed by atoms with van der Waals surface area (Å²) in [4.78, 5) is 0. The smallest absolute Gasteiger partial charge is 0.267 e. The molecule has 0 fully saturated rings. The van der Waals surface area contributed by atoms with Crippen LogP contribution < -0.4 is 5.73 Å². The Hall–Kier alpha value is -0.130. The molecule has 3 N–H and O–H groups in total. The normalized spacial score (nSPS) is 18.4. The molecule has 2 unspecified atom stereocenters. The average molecular weight is 167 g/mol. The molecule has 0 amide bonds. The van der Waals surface area contributed by atoms with Gasteiger partial charge in [-0.1, -0.05) is 6.92 Å². The fourth-order valence-corrected chi connectivity index (χ4v) is 1.18. The van der Waals surface area contributed by atoms with Crippen molar-refractivity contribution in [2.24, 2.45) is 11.7 Å². The van der Waals surface area contributed by atoms with Crippen molar-refractivity contribution in [3.8, 4) is 0 Å². The van der Waals surface area contributed by atoms with Gasteiger partial charge in [0.2, 0.25) is 0 Å². The maximum atomic E-state index is 10.4. The van der Waals surface area contributed by atoms with Gasteiger partial charge in [-0.3, -0.25) is 4.55 Å². The van der Waals surface area contributed by atoms with Crippen molar-refractivity contribution >= 4 is 10.1 Å². The van der Waals surface area contributed by atoms with Crippen LogP contribution in [0.1, 0.15) is 13.8 Å². The Morgan fingerprint density at radius 1 is 1.50 bits per heavy atom. The molecule has 0 radical (unpaired) electrons. The second-order valence-electron chi connectivity index (χ2n) is 2.43. The zero-order valence-electron chi connectivity index (χ0n) is 6.11. The Kier molecular flexibility index (Phi) is 3.27. The summed E-state index contributed by atoms with van der Waals surface area (Å²) in [6, 6.07) is 0. The number of hydrogen-bond acceptors (Lipinski definition) is 3. The quantitative estimate of drug-likeness (QED) is 0.573. The zero-order chi connectivity index (χ0) is 8.36. The standard InChI is InChI=1S/C5H13NO3S/c1-4(3-6)5(2)10(7,8)9/h4-5H,3,6H2,1-2H3,(H,7,8,9). The van der Waals surface area contributed by atoms with Crippen molar-refractivity contribution < 1.29 is 13.0 Å². The van der Waals surface area contributed by atoms with Gasteiger partial charge in [-0.25, -0.2) is 0 Å². The minimum Gasteiger partial charge on any atom is -0.330 e. The van der Waals surface area contributed by atoms with Crippen molar-refractivity contribution in [2.45, 2.75) is 19.1 Å². The Morgan fingerprint density at radius 3 is 2.00 bits per heavy atom. The van der Waals surface area contributed by atoms with E-state index in [4.69, 9.17) is 10.3 Å². The van der Waals surface area contributed by atoms with Gasteiger partial charge >= 0.3 is 0 Å². The van der Waals surface area contributed by atoms with Crippen LogP contribution >= 0.6 is 0 Å². The zero-order valence-corrected chi connectivity index (χ0v) is 6.93. The number of nitrogens with two attached hydrogens (primary N) is 1. The van der Waals surface area contributed by atoms with Crippen LogP contribution in [0.15, 0.2) is 0 Å². The van der Waals surface area contributed by atoms with E-state index in [1.807, 2.05) is 0 Å². The summed E-state index contributed by atoms with van der Waals surface area (Å²) in [5.74, 6) is -0.199. The van der Waals surface area contributed by atoms with Crippen molar-refractivity contribution in [1.82, 2.24) is 0 Å². The van der Waals surface area contributed by atoms with Crippen molar-refractivity contribution in [3.63, 3.8) is 0 Å². The highest BCUT2D eigenvalue weighted by Gasteiger charge is 2.22. The SMILES string of the molecule is CC(CN)C(C)S(=O)(=O)O. The van der Waals surface area contributed by atoms with E-state index in [0.717, 1.165) is 0 Å². The van der Waals surface area contributed by atoms with Crippen LogP contribution in [0, 0.1) is 5.92 Å². The van der Waals surface area contributed by atoms with E-state index in [1.165, 1.54) is 6.92 Å². The van der Waals surface area contributed by atoms with Gasteiger partial charge in [0.25, 0.3) is 10.1 Å². The van der Waals surface area contributed by atoms with Crippen molar-refractivity contribution in [2.75, 3.05) is 6.54 Å². The van der Waals surface area contributed by atoms with E-state index >= 15 is 0 Å². The first-order chi connectivity index (χ1) is 4.39. The molecule has 0 aliphatic rings. The predicted octanol–water partition coefficient (Wildman–Crippen LogP) is -0.142. The molecule has 5 heteroatoms. The number of hydrogen-bond donors (Lipinski definition) is 2. The molecule has 0 heterocycles. The summed E-state index contributed by atoms with van der Waals surface area (Å²) in [6.07, 6.45) is 0. The molecule has 0 spiro atoms. The van der Waals surface area contributed by atoms with E-state index < -0.39 is 15.4 Å². The molecule has 0 aromatic heterocycles. The summed E-state index contributed by atoms with van der Waals surface area (Å²) in [5.41, 5.74) is 5.19. The molecule has 0 rings (SSSR count). The molecule has 0 aromatic carbocycles. The lowest BCUT2D eigenvalue weighted by Gasteiger charge is -2.13. The molecular formula is C5H13NO3S. The topological polar surface area (TPSA) is 80.4 Å². The molecule has 2 atom stereocenters. The highest BCUT2D eigenvalue weighted by atomic mass is 32.2. The minimum absolute atomic E-state index is 0.199. The fraction of sp³-hybridized carbons (Fsp3) is 1.00. The first-order valence-electron chi connectivity index (χ1n) is 3.06. The van der Waals surface area contributed by atoms with Crippen LogP contribution in [0.25, 0.3) is 0 Å². The molecular weight excluding hydrogens is 154 g/mol. The van der Waals surface area contributed by atoms with E-state index in [9.17, 15) is 8.42 Å². The second-order valence-corrected chi connectivity index (χ2v) is 4.21. The molecule has 10 heavy (non-hydrogen) atoms. The Morgan fingerprint density at radius 2 is 1.90 bits per heavy atom. The lowest BCUT2D eigenvalue weighted by Crippen LogP contribution is -2.29. The molecule has 0 aliphatic carbocycles. The monoisotopic (exact) mass is 167 g/mol. The Balaban J connectivity index is 4.23. The third-order valence-electron chi connectivity index (χ3n) is 1.64. The van der Waals surface area contributed by atoms with Gasteiger partial charge < -0.3 is 5.73 Å². The van der Waals surface area contributed by atoms with Crippen LogP contribution in [0.5, 0.6) is 0 Å². The molecule has 62 valence electrons. The van der Waals surface area contributed by atoms with Gasteiger partial charge in [-0.2, -0.15) is 8.42 Å². The van der Waals surface area contributed by atoms with Gasteiger partial charge in [-0.05, 0) is 19.4 Å². The van der Waals surface area contributed by atoms with Gasteiger partial charge in [0.15, 0.2) is 0 Å². The van der Waals surface area contributed by atoms with Crippen LogP contribution in [0.4, 0.5) is 0 Å². The highest BCUT2D eigenvalue weighted by molar-refractivity contribution is 7.86. The van der Waals surface area contributed by atoms with Crippen LogP contribution in [0.2, 0.25) is 0 Å². The Bertz CT molecular complexity index is 187. The van der Waals surface area contributed by atoms with E-state index in [-0.39, 0.29) is 12.5 Å². The van der Waals surface area contributed by atoms with Crippen molar-refractivity contribution in [3.05, 3.63) is 0 Å². The molecule has 0 saturated heterocycles. The highest BCUT2D eigenvalue weighted by Crippen LogP contribution is 2.08. The summed E-state index contributed by atoms with van der Waals surface area (Å²) < 4.78 is 29.4. The number of rotatable bonds is 3. The van der Waals surface area contributed by atoms with Gasteiger partial charge in [0, 0.05) is 0 Å². The molecule has 0 aromatic rings. The lowest BCUT2D eigenvalue weighted by atomic mass is 10.1. The third-order valence-corrected chi connectivity index (χ3v) is 3.05. The summed E-state index contributed by atoms with van der Waals surface area (Å²) in [6.45, 7) is 3.38. The minimum atomic E-state index is -3.89. The average Bonchev–Trinajstić information content (AvgIpc) is 1.83. The summed E-state index contributed by atoms with van der Waals surface area (Å²) >= 11 is 0. The second kappa shape index (κ2) is 3.32. The molecule has 0 saturated carbocycles. The molecule has 4 nitrogen and oxygen atoms in total. The maximum Gasteiger partial charge on any atom is 0.267 e. The van der Waals surface area contributed by atoms with Gasteiger partial charge in [0.05, 0.1) is 5.25 Å². The van der Waals surface area contributed by atoms with Crippen molar-refractivity contribution in [1.29, 1.82) is 0 Å². The molecule has 0 bridgehead atoms. The van der Waals surface area contributed by atoms with E-state index in [2.05, 4.69) is 0 Å². The first-order valence-corrected chi connectivity index (χ1v) is 4.56. The van der Waals surface area contributed by atoms with Crippen LogP contribution in [0.3, 0.4) is 0 Å². The first kappa shape index (κ1) is 9.87. The summed E-state index contributed by atoms with van der Waals surface area (Å²) in [5, 5.41) is -0.766.